The van der Waals surface area contributed by atoms with Crippen molar-refractivity contribution >= 4 is 0 Å². The average Bonchev–Trinajstić information content (AvgIpc) is 2.30. The maximum Gasteiger partial charge on any atom is 0.0593 e. The molecule has 0 amide bonds. The van der Waals surface area contributed by atoms with E-state index in [9.17, 15) is 0 Å². The second kappa shape index (κ2) is 6.17. The molecule has 2 rings (SSSR count). The molecular formula is C14H27NO2. The van der Waals surface area contributed by atoms with Gasteiger partial charge in [0.1, 0.15) is 0 Å². The standard InChI is InChI=1S/C14H27NO2/c1-3-16-10-9-15-7-5-14(6-8-15)11-13(12-14)17-4-2/h13H,3-12H2,1-2H3. The highest BCUT2D eigenvalue weighted by atomic mass is 16.5. The zero-order valence-electron chi connectivity index (χ0n) is 11.4. The van der Waals surface area contributed by atoms with Crippen LogP contribution in [0.5, 0.6) is 0 Å². The Morgan fingerprint density at radius 1 is 1.12 bits per heavy atom. The van der Waals surface area contributed by atoms with Crippen molar-refractivity contribution in [2.75, 3.05) is 39.5 Å². The molecule has 1 heterocycles. The van der Waals surface area contributed by atoms with Gasteiger partial charge in [0.2, 0.25) is 0 Å². The first kappa shape index (κ1) is 13.3. The van der Waals surface area contributed by atoms with Gasteiger partial charge in [0, 0.05) is 19.8 Å². The molecule has 100 valence electrons. The lowest BCUT2D eigenvalue weighted by Crippen LogP contribution is -2.50. The van der Waals surface area contributed by atoms with E-state index in [1.54, 1.807) is 0 Å². The van der Waals surface area contributed by atoms with Crippen molar-refractivity contribution in [1.29, 1.82) is 0 Å². The zero-order valence-corrected chi connectivity index (χ0v) is 11.4. The molecule has 0 unspecified atom stereocenters. The van der Waals surface area contributed by atoms with Gasteiger partial charge in [-0.25, -0.2) is 0 Å². The van der Waals surface area contributed by atoms with E-state index in [1.165, 1.54) is 38.8 Å². The van der Waals surface area contributed by atoms with Gasteiger partial charge in [-0.05, 0) is 58.0 Å². The SMILES string of the molecule is CCOCCN1CCC2(CC1)CC(OCC)C2. The van der Waals surface area contributed by atoms with Crippen LogP contribution in [-0.2, 0) is 9.47 Å². The summed E-state index contributed by atoms with van der Waals surface area (Å²) in [4.78, 5) is 2.55. The molecule has 0 aromatic carbocycles. The number of ether oxygens (including phenoxy) is 2. The second-order valence-corrected chi connectivity index (χ2v) is 5.52. The molecule has 1 aliphatic heterocycles. The summed E-state index contributed by atoms with van der Waals surface area (Å²) >= 11 is 0. The number of hydrogen-bond acceptors (Lipinski definition) is 3. The van der Waals surface area contributed by atoms with Crippen LogP contribution in [0, 0.1) is 5.41 Å². The Hall–Kier alpha value is -0.120. The molecule has 0 N–H and O–H groups in total. The Bertz CT molecular complexity index is 216. The largest absolute Gasteiger partial charge is 0.380 e. The average molecular weight is 241 g/mol. The summed E-state index contributed by atoms with van der Waals surface area (Å²) in [6.07, 6.45) is 5.90. The molecule has 2 fully saturated rings. The molecule has 1 saturated heterocycles. The lowest BCUT2D eigenvalue weighted by molar-refractivity contribution is -0.102. The first-order valence-corrected chi connectivity index (χ1v) is 7.20. The Morgan fingerprint density at radius 2 is 1.82 bits per heavy atom. The molecule has 1 aliphatic carbocycles. The van der Waals surface area contributed by atoms with Crippen LogP contribution >= 0.6 is 0 Å². The highest BCUT2D eigenvalue weighted by Gasteiger charge is 2.45. The summed E-state index contributed by atoms with van der Waals surface area (Å²) in [6, 6.07) is 0. The third-order valence-electron chi connectivity index (χ3n) is 4.40. The lowest BCUT2D eigenvalue weighted by atomic mass is 9.61. The quantitative estimate of drug-likeness (QED) is 0.666. The lowest BCUT2D eigenvalue weighted by Gasteiger charge is -2.51. The van der Waals surface area contributed by atoms with Crippen LogP contribution < -0.4 is 0 Å². The van der Waals surface area contributed by atoms with Gasteiger partial charge in [0.05, 0.1) is 12.7 Å². The fraction of sp³-hybridized carbons (Fsp3) is 1.00. The van der Waals surface area contributed by atoms with E-state index in [0.717, 1.165) is 26.4 Å². The Kier molecular flexibility index (Phi) is 4.83. The van der Waals surface area contributed by atoms with Gasteiger partial charge >= 0.3 is 0 Å². The Balaban J connectivity index is 1.62. The third kappa shape index (κ3) is 3.43. The van der Waals surface area contributed by atoms with Crippen molar-refractivity contribution in [2.45, 2.75) is 45.6 Å². The third-order valence-corrected chi connectivity index (χ3v) is 4.40. The Labute approximate surface area is 105 Å². The first-order valence-electron chi connectivity index (χ1n) is 7.20. The van der Waals surface area contributed by atoms with Gasteiger partial charge in [-0.15, -0.1) is 0 Å². The van der Waals surface area contributed by atoms with Crippen LogP contribution in [0.1, 0.15) is 39.5 Å². The molecule has 0 radical (unpaired) electrons. The maximum absolute atomic E-state index is 5.68. The van der Waals surface area contributed by atoms with Gasteiger partial charge < -0.3 is 14.4 Å². The normalized spacial score (nSPS) is 25.1. The molecule has 0 bridgehead atoms. The van der Waals surface area contributed by atoms with E-state index in [0.29, 0.717) is 11.5 Å². The van der Waals surface area contributed by atoms with Crippen LogP contribution in [0.3, 0.4) is 0 Å². The number of likely N-dealkylation sites (tertiary alicyclic amines) is 1. The summed E-state index contributed by atoms with van der Waals surface area (Å²) < 4.78 is 11.1. The molecule has 0 aromatic rings. The monoisotopic (exact) mass is 241 g/mol. The van der Waals surface area contributed by atoms with Gasteiger partial charge in [-0.1, -0.05) is 0 Å². The number of rotatable bonds is 6. The minimum Gasteiger partial charge on any atom is -0.380 e. The van der Waals surface area contributed by atoms with Gasteiger partial charge in [0.25, 0.3) is 0 Å². The van der Waals surface area contributed by atoms with Crippen molar-refractivity contribution in [3.05, 3.63) is 0 Å². The second-order valence-electron chi connectivity index (χ2n) is 5.52. The van der Waals surface area contributed by atoms with E-state index in [4.69, 9.17) is 9.47 Å². The zero-order chi connectivity index (χ0) is 12.1. The van der Waals surface area contributed by atoms with Crippen molar-refractivity contribution in [1.82, 2.24) is 4.90 Å². The fourth-order valence-electron chi connectivity index (χ4n) is 3.26. The van der Waals surface area contributed by atoms with Crippen LogP contribution in [0.25, 0.3) is 0 Å². The van der Waals surface area contributed by atoms with Crippen LogP contribution in [0.4, 0.5) is 0 Å². The minimum absolute atomic E-state index is 0.565. The van der Waals surface area contributed by atoms with Gasteiger partial charge in [-0.3, -0.25) is 0 Å². The summed E-state index contributed by atoms with van der Waals surface area (Å²) in [5, 5.41) is 0. The molecule has 3 heteroatoms. The number of hydrogen-bond donors (Lipinski definition) is 0. The molecular weight excluding hydrogens is 214 g/mol. The molecule has 17 heavy (non-hydrogen) atoms. The van der Waals surface area contributed by atoms with Crippen molar-refractivity contribution in [3.8, 4) is 0 Å². The highest BCUT2D eigenvalue weighted by Crippen LogP contribution is 2.50. The molecule has 0 aromatic heterocycles. The summed E-state index contributed by atoms with van der Waals surface area (Å²) in [6.45, 7) is 10.4. The predicted octanol–water partition coefficient (Wildman–Crippen LogP) is 2.30. The summed E-state index contributed by atoms with van der Waals surface area (Å²) in [5.74, 6) is 0. The van der Waals surface area contributed by atoms with E-state index in [2.05, 4.69) is 18.7 Å². The maximum atomic E-state index is 5.68. The van der Waals surface area contributed by atoms with Crippen molar-refractivity contribution < 1.29 is 9.47 Å². The molecule has 1 spiro atoms. The summed E-state index contributed by atoms with van der Waals surface area (Å²) in [7, 11) is 0. The predicted molar refractivity (Wildman–Crippen MR) is 69.2 cm³/mol. The number of nitrogens with zero attached hydrogens (tertiary/aromatic N) is 1. The molecule has 1 saturated carbocycles. The smallest absolute Gasteiger partial charge is 0.0593 e. The van der Waals surface area contributed by atoms with Crippen molar-refractivity contribution in [2.24, 2.45) is 5.41 Å². The number of piperidine rings is 1. The van der Waals surface area contributed by atoms with Crippen LogP contribution in [-0.4, -0.2) is 50.5 Å². The highest BCUT2D eigenvalue weighted by molar-refractivity contribution is 4.97. The van der Waals surface area contributed by atoms with Gasteiger partial charge in [-0.2, -0.15) is 0 Å². The fourth-order valence-corrected chi connectivity index (χ4v) is 3.26. The summed E-state index contributed by atoms with van der Waals surface area (Å²) in [5.41, 5.74) is 0.641. The van der Waals surface area contributed by atoms with E-state index < -0.39 is 0 Å². The molecule has 2 aliphatic rings. The van der Waals surface area contributed by atoms with Crippen LogP contribution in [0.15, 0.2) is 0 Å². The van der Waals surface area contributed by atoms with E-state index >= 15 is 0 Å². The van der Waals surface area contributed by atoms with Gasteiger partial charge in [0.15, 0.2) is 0 Å². The van der Waals surface area contributed by atoms with E-state index in [1.807, 2.05) is 0 Å². The molecule has 3 nitrogen and oxygen atoms in total. The van der Waals surface area contributed by atoms with Crippen molar-refractivity contribution in [3.63, 3.8) is 0 Å². The van der Waals surface area contributed by atoms with Crippen LogP contribution in [0.2, 0.25) is 0 Å². The topological polar surface area (TPSA) is 21.7 Å². The first-order chi connectivity index (χ1) is 8.28. The molecule has 0 atom stereocenters. The Morgan fingerprint density at radius 3 is 2.41 bits per heavy atom. The van der Waals surface area contributed by atoms with E-state index in [-0.39, 0.29) is 0 Å². The minimum atomic E-state index is 0.565.